The molecule has 0 aromatic heterocycles. The largest absolute Gasteiger partial charge is 0.573 e. The number of hydrogen-bond donors (Lipinski definition) is 1. The second-order valence-electron chi connectivity index (χ2n) is 7.65. The van der Waals surface area contributed by atoms with Crippen LogP contribution in [0.2, 0.25) is 0 Å². The van der Waals surface area contributed by atoms with E-state index in [9.17, 15) is 23.1 Å². The summed E-state index contributed by atoms with van der Waals surface area (Å²) in [4.78, 5) is 13.9. The van der Waals surface area contributed by atoms with E-state index in [1.165, 1.54) is 31.2 Å². The van der Waals surface area contributed by atoms with Gasteiger partial charge in [0.25, 0.3) is 0 Å². The molecule has 2 aromatic carbocycles. The quantitative estimate of drug-likeness (QED) is 0.781. The van der Waals surface area contributed by atoms with Crippen molar-refractivity contribution in [2.24, 2.45) is 5.41 Å². The van der Waals surface area contributed by atoms with Crippen LogP contribution in [-0.4, -0.2) is 42.3 Å². The van der Waals surface area contributed by atoms with Crippen LogP contribution in [0.5, 0.6) is 5.75 Å². The zero-order valence-electron chi connectivity index (χ0n) is 15.9. The Morgan fingerprint density at radius 2 is 1.71 bits per heavy atom. The number of alkyl halides is 3. The van der Waals surface area contributed by atoms with E-state index in [2.05, 4.69) is 4.74 Å². The summed E-state index contributed by atoms with van der Waals surface area (Å²) in [7, 11) is 1.93. The number of aliphatic hydroxyl groups is 1. The summed E-state index contributed by atoms with van der Waals surface area (Å²) < 4.78 is 41.3. The Morgan fingerprint density at radius 3 is 2.21 bits per heavy atom. The van der Waals surface area contributed by atoms with Gasteiger partial charge in [-0.15, -0.1) is 13.2 Å². The molecule has 0 spiro atoms. The number of ketones is 1. The maximum absolute atomic E-state index is 12.4. The van der Waals surface area contributed by atoms with Crippen LogP contribution in [0, 0.1) is 5.41 Å². The topological polar surface area (TPSA) is 49.8 Å². The molecule has 1 unspecified atom stereocenters. The average Bonchev–Trinajstić information content (AvgIpc) is 2.59. The van der Waals surface area contributed by atoms with Crippen molar-refractivity contribution >= 4 is 5.78 Å². The van der Waals surface area contributed by atoms with Crippen molar-refractivity contribution in [1.29, 1.82) is 0 Å². The van der Waals surface area contributed by atoms with Crippen molar-refractivity contribution in [2.75, 3.05) is 20.1 Å². The third-order valence-corrected chi connectivity index (χ3v) is 5.30. The van der Waals surface area contributed by atoms with Crippen LogP contribution in [0.4, 0.5) is 13.2 Å². The molecule has 0 radical (unpaired) electrons. The van der Waals surface area contributed by atoms with Crippen LogP contribution >= 0.6 is 0 Å². The molecule has 1 saturated heterocycles. The summed E-state index contributed by atoms with van der Waals surface area (Å²) in [5.41, 5.74) is -0.631. The van der Waals surface area contributed by atoms with Crippen molar-refractivity contribution in [1.82, 2.24) is 4.90 Å². The van der Waals surface area contributed by atoms with Crippen LogP contribution in [0.1, 0.15) is 35.3 Å². The molecule has 28 heavy (non-hydrogen) atoms. The van der Waals surface area contributed by atoms with Crippen LogP contribution in [-0.2, 0) is 5.60 Å². The molecule has 0 saturated carbocycles. The first-order valence-corrected chi connectivity index (χ1v) is 8.83. The summed E-state index contributed by atoms with van der Waals surface area (Å²) >= 11 is 0. The van der Waals surface area contributed by atoms with Crippen molar-refractivity contribution in [3.05, 3.63) is 65.2 Å². The van der Waals surface area contributed by atoms with Crippen molar-refractivity contribution in [3.8, 4) is 5.75 Å². The molecule has 1 heterocycles. The first kappa shape index (κ1) is 20.4. The van der Waals surface area contributed by atoms with E-state index in [0.29, 0.717) is 29.8 Å². The number of likely N-dealkylation sites (tertiary alicyclic amines) is 1. The summed E-state index contributed by atoms with van der Waals surface area (Å²) in [5, 5.41) is 11.9. The number of halogens is 3. The standard InChI is InChI=1S/C21H22F3NO3/c1-14(26)15-5-4-6-17(11-15)20(27,19(2)12-25(3)13-19)16-7-9-18(10-8-16)28-21(22,23)24/h4-11,27H,12-13H2,1-3H3. The minimum Gasteiger partial charge on any atom is -0.406 e. The Kier molecular flexibility index (Phi) is 5.02. The summed E-state index contributed by atoms with van der Waals surface area (Å²) in [5.74, 6) is -0.485. The molecule has 4 nitrogen and oxygen atoms in total. The SMILES string of the molecule is CC(=O)c1cccc(C(O)(c2ccc(OC(F)(F)F)cc2)C2(C)CN(C)C2)c1. The lowest BCUT2D eigenvalue weighted by Crippen LogP contribution is -2.63. The second-order valence-corrected chi connectivity index (χ2v) is 7.65. The van der Waals surface area contributed by atoms with Gasteiger partial charge in [0, 0.05) is 24.1 Å². The first-order valence-electron chi connectivity index (χ1n) is 8.83. The monoisotopic (exact) mass is 393 g/mol. The molecule has 1 aliphatic heterocycles. The Hall–Kier alpha value is -2.38. The molecule has 7 heteroatoms. The maximum atomic E-state index is 12.4. The van der Waals surface area contributed by atoms with Gasteiger partial charge in [-0.1, -0.05) is 37.3 Å². The van der Waals surface area contributed by atoms with Gasteiger partial charge in [0.05, 0.1) is 0 Å². The third-order valence-electron chi connectivity index (χ3n) is 5.30. The van der Waals surface area contributed by atoms with E-state index < -0.39 is 17.4 Å². The molecule has 3 rings (SSSR count). The van der Waals surface area contributed by atoms with Gasteiger partial charge in [-0.2, -0.15) is 0 Å². The van der Waals surface area contributed by atoms with Gasteiger partial charge in [-0.25, -0.2) is 0 Å². The minimum atomic E-state index is -4.78. The highest BCUT2D eigenvalue weighted by Crippen LogP contribution is 2.50. The average molecular weight is 393 g/mol. The fourth-order valence-corrected chi connectivity index (χ4v) is 4.10. The molecule has 1 aliphatic rings. The van der Waals surface area contributed by atoms with Crippen LogP contribution in [0.25, 0.3) is 0 Å². The molecule has 0 aliphatic carbocycles. The van der Waals surface area contributed by atoms with E-state index in [-0.39, 0.29) is 11.5 Å². The van der Waals surface area contributed by atoms with Gasteiger partial charge in [0.15, 0.2) is 5.78 Å². The minimum absolute atomic E-state index is 0.131. The number of ether oxygens (including phenoxy) is 1. The highest BCUT2D eigenvalue weighted by molar-refractivity contribution is 5.94. The van der Waals surface area contributed by atoms with Gasteiger partial charge < -0.3 is 14.7 Å². The molecule has 0 amide bonds. The van der Waals surface area contributed by atoms with Gasteiger partial charge in [-0.05, 0) is 43.3 Å². The predicted octanol–water partition coefficient (Wildman–Crippen LogP) is 3.98. The Balaban J connectivity index is 2.08. The van der Waals surface area contributed by atoms with E-state index in [0.717, 1.165) is 0 Å². The smallest absolute Gasteiger partial charge is 0.406 e. The lowest BCUT2D eigenvalue weighted by molar-refractivity contribution is -0.274. The van der Waals surface area contributed by atoms with Crippen LogP contribution in [0.15, 0.2) is 48.5 Å². The number of carbonyl (C=O) groups excluding carboxylic acids is 1. The molecule has 1 atom stereocenters. The van der Waals surface area contributed by atoms with E-state index in [1.54, 1.807) is 24.3 Å². The summed E-state index contributed by atoms with van der Waals surface area (Å²) in [6, 6.07) is 12.0. The van der Waals surface area contributed by atoms with Crippen molar-refractivity contribution in [2.45, 2.75) is 25.8 Å². The normalized spacial score (nSPS) is 18.8. The molecule has 0 bridgehead atoms. The van der Waals surface area contributed by atoms with E-state index in [1.807, 2.05) is 18.9 Å². The second kappa shape index (κ2) is 6.90. The van der Waals surface area contributed by atoms with E-state index in [4.69, 9.17) is 0 Å². The van der Waals surface area contributed by atoms with E-state index >= 15 is 0 Å². The predicted molar refractivity (Wildman–Crippen MR) is 98.2 cm³/mol. The number of carbonyl (C=O) groups is 1. The van der Waals surface area contributed by atoms with Gasteiger partial charge >= 0.3 is 6.36 Å². The molecule has 2 aromatic rings. The Bertz CT molecular complexity index is 873. The highest BCUT2D eigenvalue weighted by Gasteiger charge is 2.55. The van der Waals surface area contributed by atoms with Crippen LogP contribution in [0.3, 0.4) is 0 Å². The number of rotatable bonds is 5. The van der Waals surface area contributed by atoms with Gasteiger partial charge in [-0.3, -0.25) is 4.79 Å². The number of hydrogen-bond acceptors (Lipinski definition) is 4. The van der Waals surface area contributed by atoms with Gasteiger partial charge in [0.2, 0.25) is 0 Å². The molecule has 1 fully saturated rings. The summed E-state index contributed by atoms with van der Waals surface area (Å²) in [6.07, 6.45) is -4.78. The Labute approximate surface area is 161 Å². The summed E-state index contributed by atoms with van der Waals surface area (Å²) in [6.45, 7) is 4.55. The number of Topliss-reactive ketones (excluding diaryl/α,β-unsaturated/α-hetero) is 1. The van der Waals surface area contributed by atoms with Crippen molar-refractivity contribution < 1.29 is 27.8 Å². The molecular weight excluding hydrogens is 371 g/mol. The molecular formula is C21H22F3NO3. The fraction of sp³-hybridized carbons (Fsp3) is 0.381. The maximum Gasteiger partial charge on any atom is 0.573 e. The molecule has 150 valence electrons. The fourth-order valence-electron chi connectivity index (χ4n) is 4.10. The third kappa shape index (κ3) is 3.64. The zero-order chi connectivity index (χ0) is 20.7. The number of nitrogens with zero attached hydrogens (tertiary/aromatic N) is 1. The lowest BCUT2D eigenvalue weighted by atomic mass is 9.62. The zero-order valence-corrected chi connectivity index (χ0v) is 15.9. The molecule has 1 N–H and O–H groups in total. The van der Waals surface area contributed by atoms with Crippen molar-refractivity contribution in [3.63, 3.8) is 0 Å². The van der Waals surface area contributed by atoms with Gasteiger partial charge in [0.1, 0.15) is 11.4 Å². The first-order chi connectivity index (χ1) is 12.9. The number of benzene rings is 2. The lowest BCUT2D eigenvalue weighted by Gasteiger charge is -2.56. The van der Waals surface area contributed by atoms with Crippen LogP contribution < -0.4 is 4.74 Å². The Morgan fingerprint density at radius 1 is 1.11 bits per heavy atom. The highest BCUT2D eigenvalue weighted by atomic mass is 19.4.